The van der Waals surface area contributed by atoms with Crippen LogP contribution in [0.4, 0.5) is 9.59 Å². The first kappa shape index (κ1) is 32.0. The van der Waals surface area contributed by atoms with E-state index in [1.807, 2.05) is 121 Å². The van der Waals surface area contributed by atoms with Gasteiger partial charge in [-0.05, 0) is 41.5 Å². The largest absolute Gasteiger partial charge is 0.445 e. The molecule has 3 amide bonds. The second-order valence-corrected chi connectivity index (χ2v) is 10.6. The van der Waals surface area contributed by atoms with E-state index in [1.54, 1.807) is 0 Å². The van der Waals surface area contributed by atoms with Gasteiger partial charge in [-0.2, -0.15) is 0 Å². The molecule has 0 bridgehead atoms. The molecule has 0 aliphatic rings. The minimum atomic E-state index is -1.13. The second-order valence-electron chi connectivity index (χ2n) is 10.6. The number of urea groups is 1. The molecule has 4 rings (SSSR count). The minimum Gasteiger partial charge on any atom is -0.445 e. The normalized spacial score (nSPS) is 12.8. The molecule has 0 saturated heterocycles. The Kier molecular flexibility index (Phi) is 12.5. The number of nitrogens with one attached hydrogen (secondary N) is 2. The first-order chi connectivity index (χ1) is 21.5. The summed E-state index contributed by atoms with van der Waals surface area (Å²) in [4.78, 5) is 39.8. The number of aliphatic hydroxyl groups excluding tert-OH is 1. The summed E-state index contributed by atoms with van der Waals surface area (Å²) in [5.74, 6) is 0. The summed E-state index contributed by atoms with van der Waals surface area (Å²) in [5, 5.41) is 17.1. The minimum absolute atomic E-state index is 0.0773. The third kappa shape index (κ3) is 10.7. The molecule has 8 nitrogen and oxygen atoms in total. The van der Waals surface area contributed by atoms with Gasteiger partial charge in [-0.3, -0.25) is 0 Å². The number of hydrogen-bond donors (Lipinski definition) is 3. The van der Waals surface area contributed by atoms with Gasteiger partial charge in [0.1, 0.15) is 12.9 Å². The van der Waals surface area contributed by atoms with Crippen molar-refractivity contribution in [2.75, 3.05) is 13.1 Å². The molecule has 0 fully saturated rings. The van der Waals surface area contributed by atoms with Crippen molar-refractivity contribution in [1.82, 2.24) is 15.5 Å². The molecule has 2 unspecified atom stereocenters. The number of amides is 3. The Labute approximate surface area is 258 Å². The van der Waals surface area contributed by atoms with Gasteiger partial charge in [0, 0.05) is 6.54 Å². The molecular formula is C36H39N3O5. The Hall–Kier alpha value is -4.95. The van der Waals surface area contributed by atoms with Crippen molar-refractivity contribution in [3.05, 3.63) is 144 Å². The number of alkyl carbamates (subject to hydrolysis) is 1. The number of carbonyl (C=O) groups excluding carboxylic acids is 3. The maximum Gasteiger partial charge on any atom is 0.407 e. The van der Waals surface area contributed by atoms with Crippen LogP contribution < -0.4 is 10.6 Å². The van der Waals surface area contributed by atoms with E-state index in [0.717, 1.165) is 28.5 Å². The SMILES string of the molecule is O=C[C@H](Cc1ccccc1)NC(=O)N(CCc1ccccc1)CC(O)C(Cc1ccccc1)NC(=O)OCc1ccccc1. The Balaban J connectivity index is 1.47. The smallest absolute Gasteiger partial charge is 0.407 e. The van der Waals surface area contributed by atoms with E-state index < -0.39 is 30.3 Å². The lowest BCUT2D eigenvalue weighted by atomic mass is 10.0. The molecule has 0 aliphatic carbocycles. The molecule has 0 heterocycles. The number of nitrogens with zero attached hydrogens (tertiary/aromatic N) is 1. The van der Waals surface area contributed by atoms with Gasteiger partial charge < -0.3 is 30.2 Å². The van der Waals surface area contributed by atoms with Crippen LogP contribution in [0.5, 0.6) is 0 Å². The fourth-order valence-corrected chi connectivity index (χ4v) is 4.86. The number of rotatable bonds is 15. The van der Waals surface area contributed by atoms with Crippen LogP contribution in [0.3, 0.4) is 0 Å². The van der Waals surface area contributed by atoms with Crippen LogP contribution in [-0.4, -0.2) is 59.7 Å². The van der Waals surface area contributed by atoms with Gasteiger partial charge in [-0.15, -0.1) is 0 Å². The number of carbonyl (C=O) groups is 3. The Morgan fingerprint density at radius 1 is 0.705 bits per heavy atom. The third-order valence-corrected chi connectivity index (χ3v) is 7.26. The quantitative estimate of drug-likeness (QED) is 0.169. The van der Waals surface area contributed by atoms with Crippen LogP contribution in [0.2, 0.25) is 0 Å². The summed E-state index contributed by atoms with van der Waals surface area (Å²) in [7, 11) is 0. The standard InChI is InChI=1S/C36H39N3O5/c40-26-32(23-29-15-7-2-8-16-29)37-35(42)39(22-21-28-13-5-1-6-14-28)25-34(41)33(24-30-17-9-3-10-18-30)38-36(43)44-27-31-19-11-4-12-20-31/h1-20,26,32-34,41H,21-25,27H2,(H,37,42)(H,38,43)/t32-,33?,34?/m0/s1. The lowest BCUT2D eigenvalue weighted by Crippen LogP contribution is -2.54. The van der Waals surface area contributed by atoms with E-state index >= 15 is 0 Å². The van der Waals surface area contributed by atoms with Crippen molar-refractivity contribution >= 4 is 18.4 Å². The number of aldehydes is 1. The molecule has 0 aromatic heterocycles. The number of hydrogen-bond acceptors (Lipinski definition) is 5. The first-order valence-corrected chi connectivity index (χ1v) is 14.8. The highest BCUT2D eigenvalue weighted by Crippen LogP contribution is 2.11. The lowest BCUT2D eigenvalue weighted by molar-refractivity contribution is -0.109. The zero-order chi connectivity index (χ0) is 31.0. The Morgan fingerprint density at radius 2 is 1.20 bits per heavy atom. The summed E-state index contributed by atoms with van der Waals surface area (Å²) in [6, 6.07) is 36.0. The average Bonchev–Trinajstić information content (AvgIpc) is 3.06. The van der Waals surface area contributed by atoms with Gasteiger partial charge in [0.15, 0.2) is 0 Å². The van der Waals surface area contributed by atoms with Crippen LogP contribution in [0.25, 0.3) is 0 Å². The van der Waals surface area contributed by atoms with Crippen molar-refractivity contribution in [3.63, 3.8) is 0 Å². The van der Waals surface area contributed by atoms with Crippen LogP contribution in [-0.2, 0) is 35.4 Å². The number of ether oxygens (including phenoxy) is 1. The van der Waals surface area contributed by atoms with E-state index in [4.69, 9.17) is 4.74 Å². The van der Waals surface area contributed by atoms with Crippen LogP contribution >= 0.6 is 0 Å². The molecule has 0 radical (unpaired) electrons. The fourth-order valence-electron chi connectivity index (χ4n) is 4.86. The second kappa shape index (κ2) is 17.2. The number of aliphatic hydroxyl groups is 1. The highest BCUT2D eigenvalue weighted by Gasteiger charge is 2.28. The summed E-state index contributed by atoms with van der Waals surface area (Å²) in [6.45, 7) is 0.299. The highest BCUT2D eigenvalue weighted by molar-refractivity contribution is 5.78. The van der Waals surface area contributed by atoms with Crippen molar-refractivity contribution in [1.29, 1.82) is 0 Å². The molecule has 228 valence electrons. The van der Waals surface area contributed by atoms with E-state index in [-0.39, 0.29) is 13.2 Å². The monoisotopic (exact) mass is 593 g/mol. The third-order valence-electron chi connectivity index (χ3n) is 7.26. The predicted molar refractivity (Wildman–Crippen MR) is 170 cm³/mol. The molecular weight excluding hydrogens is 554 g/mol. The van der Waals surface area contributed by atoms with Gasteiger partial charge >= 0.3 is 12.1 Å². The zero-order valence-electron chi connectivity index (χ0n) is 24.6. The van der Waals surface area contributed by atoms with Gasteiger partial charge in [0.2, 0.25) is 0 Å². The predicted octanol–water partition coefficient (Wildman–Crippen LogP) is 4.95. The van der Waals surface area contributed by atoms with Crippen molar-refractivity contribution in [2.45, 2.75) is 44.1 Å². The van der Waals surface area contributed by atoms with Gasteiger partial charge in [-0.25, -0.2) is 9.59 Å². The van der Waals surface area contributed by atoms with Crippen molar-refractivity contribution in [2.24, 2.45) is 0 Å². The molecule has 0 saturated carbocycles. The Bertz CT molecular complexity index is 1420. The maximum atomic E-state index is 13.6. The molecule has 0 spiro atoms. The summed E-state index contributed by atoms with van der Waals surface area (Å²) in [6.07, 6.45) is 0.126. The molecule has 8 heteroatoms. The molecule has 4 aromatic rings. The number of benzene rings is 4. The van der Waals surface area contributed by atoms with Crippen molar-refractivity contribution in [3.8, 4) is 0 Å². The van der Waals surface area contributed by atoms with Gasteiger partial charge in [0.25, 0.3) is 0 Å². The van der Waals surface area contributed by atoms with Crippen molar-refractivity contribution < 1.29 is 24.2 Å². The molecule has 3 atom stereocenters. The van der Waals surface area contributed by atoms with E-state index in [0.29, 0.717) is 25.8 Å². The van der Waals surface area contributed by atoms with E-state index in [2.05, 4.69) is 10.6 Å². The molecule has 44 heavy (non-hydrogen) atoms. The summed E-state index contributed by atoms with van der Waals surface area (Å²) >= 11 is 0. The Morgan fingerprint density at radius 3 is 1.75 bits per heavy atom. The lowest BCUT2D eigenvalue weighted by Gasteiger charge is -2.31. The van der Waals surface area contributed by atoms with Gasteiger partial charge in [0.05, 0.1) is 24.7 Å². The summed E-state index contributed by atoms with van der Waals surface area (Å²) in [5.41, 5.74) is 3.69. The van der Waals surface area contributed by atoms with Crippen LogP contribution in [0.1, 0.15) is 22.3 Å². The average molecular weight is 594 g/mol. The summed E-state index contributed by atoms with van der Waals surface area (Å²) < 4.78 is 5.44. The van der Waals surface area contributed by atoms with E-state index in [1.165, 1.54) is 4.90 Å². The molecule has 4 aromatic carbocycles. The maximum absolute atomic E-state index is 13.6. The van der Waals surface area contributed by atoms with E-state index in [9.17, 15) is 19.5 Å². The first-order valence-electron chi connectivity index (χ1n) is 14.8. The van der Waals surface area contributed by atoms with Crippen LogP contribution in [0.15, 0.2) is 121 Å². The fraction of sp³-hybridized carbons (Fsp3) is 0.250. The van der Waals surface area contributed by atoms with Crippen LogP contribution in [0, 0.1) is 0 Å². The molecule has 3 N–H and O–H groups in total. The highest BCUT2D eigenvalue weighted by atomic mass is 16.5. The molecule has 0 aliphatic heterocycles. The zero-order valence-corrected chi connectivity index (χ0v) is 24.6. The van der Waals surface area contributed by atoms with Gasteiger partial charge in [-0.1, -0.05) is 121 Å². The topological polar surface area (TPSA) is 108 Å².